The highest BCUT2D eigenvalue weighted by Gasteiger charge is 2.30. The molecule has 0 aromatic heterocycles. The Hall–Kier alpha value is 0.430. The molecule has 0 amide bonds. The Morgan fingerprint density at radius 1 is 1.28 bits per heavy atom. The van der Waals surface area contributed by atoms with Crippen LogP contribution in [0.5, 0.6) is 0 Å². The minimum Gasteiger partial charge on any atom is -0.379 e. The van der Waals surface area contributed by atoms with Gasteiger partial charge in [-0.25, -0.2) is 0 Å². The number of ether oxygens (including phenoxy) is 1. The minimum atomic E-state index is 0.0276. The van der Waals surface area contributed by atoms with Crippen molar-refractivity contribution in [1.29, 1.82) is 0 Å². The second-order valence-corrected chi connectivity index (χ2v) is 6.29. The van der Waals surface area contributed by atoms with Crippen molar-refractivity contribution < 1.29 is 4.74 Å². The zero-order valence-electron chi connectivity index (χ0n) is 10.8. The van der Waals surface area contributed by atoms with Crippen molar-refractivity contribution in [2.24, 2.45) is 0 Å². The maximum Gasteiger partial charge on any atom is 0.0518 e. The summed E-state index contributed by atoms with van der Waals surface area (Å²) >= 11 is 13.4. The highest BCUT2D eigenvalue weighted by Crippen LogP contribution is 2.33. The second-order valence-electron chi connectivity index (χ2n) is 4.73. The van der Waals surface area contributed by atoms with Crippen molar-refractivity contribution in [1.82, 2.24) is 0 Å². The predicted molar refractivity (Wildman–Crippen MR) is 86.4 cm³/mol. The Balaban J connectivity index is 2.85. The number of alkyl halides is 2. The molecule has 1 nitrogen and oxygen atoms in total. The molecule has 0 saturated carbocycles. The Morgan fingerprint density at radius 2 is 1.94 bits per heavy atom. The van der Waals surface area contributed by atoms with Gasteiger partial charge in [0.1, 0.15) is 0 Å². The summed E-state index contributed by atoms with van der Waals surface area (Å²) in [6.45, 7) is 4.87. The smallest absolute Gasteiger partial charge is 0.0518 e. The summed E-state index contributed by atoms with van der Waals surface area (Å²) in [5.41, 5.74) is 1.27. The summed E-state index contributed by atoms with van der Waals surface area (Å²) in [4.78, 5) is 0. The van der Waals surface area contributed by atoms with Crippen LogP contribution in [-0.4, -0.2) is 23.4 Å². The van der Waals surface area contributed by atoms with Crippen LogP contribution in [0, 0.1) is 0 Å². The first-order valence-corrected chi connectivity index (χ1v) is 8.66. The van der Waals surface area contributed by atoms with Gasteiger partial charge < -0.3 is 4.74 Å². The van der Waals surface area contributed by atoms with E-state index in [1.165, 1.54) is 5.56 Å². The van der Waals surface area contributed by atoms with E-state index >= 15 is 0 Å². The van der Waals surface area contributed by atoms with Gasteiger partial charge >= 0.3 is 0 Å². The van der Waals surface area contributed by atoms with Gasteiger partial charge in [0.25, 0.3) is 0 Å². The molecule has 102 valence electrons. The summed E-state index contributed by atoms with van der Waals surface area (Å²) in [7, 11) is 0. The lowest BCUT2D eigenvalue weighted by Crippen LogP contribution is -2.32. The summed E-state index contributed by atoms with van der Waals surface area (Å²) in [5.74, 6) is 0. The lowest BCUT2D eigenvalue weighted by Gasteiger charge is -2.31. The fraction of sp³-hybridized carbons (Fsp3) is 0.571. The molecular weight excluding hydrogens is 379 g/mol. The number of rotatable bonds is 7. The summed E-state index contributed by atoms with van der Waals surface area (Å²) in [6, 6.07) is 8.08. The summed E-state index contributed by atoms with van der Waals surface area (Å²) < 4.78 is 5.68. The zero-order chi connectivity index (χ0) is 13.6. The van der Waals surface area contributed by atoms with E-state index in [0.717, 1.165) is 28.7 Å². The van der Waals surface area contributed by atoms with Gasteiger partial charge in [-0.3, -0.25) is 0 Å². The molecule has 0 heterocycles. The molecule has 1 rings (SSSR count). The van der Waals surface area contributed by atoms with Gasteiger partial charge in [0.2, 0.25) is 0 Å². The molecule has 0 aliphatic carbocycles. The molecule has 0 bridgehead atoms. The van der Waals surface area contributed by atoms with Crippen LogP contribution in [-0.2, 0) is 10.2 Å². The van der Waals surface area contributed by atoms with E-state index in [2.05, 4.69) is 51.8 Å². The third kappa shape index (κ3) is 4.52. The first kappa shape index (κ1) is 16.5. The molecular formula is C14H19Br2ClO. The van der Waals surface area contributed by atoms with Crippen LogP contribution in [0.15, 0.2) is 24.3 Å². The van der Waals surface area contributed by atoms with Gasteiger partial charge in [-0.05, 0) is 38.0 Å². The monoisotopic (exact) mass is 396 g/mol. The third-order valence-corrected chi connectivity index (χ3v) is 5.36. The molecule has 0 saturated heterocycles. The van der Waals surface area contributed by atoms with Gasteiger partial charge in [-0.1, -0.05) is 55.6 Å². The molecule has 0 atom stereocenters. The Bertz CT molecular complexity index is 365. The molecule has 0 aliphatic rings. The third-order valence-electron chi connectivity index (χ3n) is 2.98. The van der Waals surface area contributed by atoms with E-state index in [-0.39, 0.29) is 11.5 Å². The van der Waals surface area contributed by atoms with Crippen LogP contribution in [0.4, 0.5) is 0 Å². The van der Waals surface area contributed by atoms with Gasteiger partial charge in [-0.15, -0.1) is 0 Å². The van der Waals surface area contributed by atoms with Crippen LogP contribution < -0.4 is 0 Å². The zero-order valence-corrected chi connectivity index (χ0v) is 14.7. The van der Waals surface area contributed by atoms with E-state index in [4.69, 9.17) is 16.3 Å². The number of hydrogen-bond acceptors (Lipinski definition) is 1. The highest BCUT2D eigenvalue weighted by atomic mass is 79.9. The Labute approximate surface area is 132 Å². The van der Waals surface area contributed by atoms with Crippen molar-refractivity contribution in [2.75, 3.05) is 17.3 Å². The molecule has 0 unspecified atom stereocenters. The lowest BCUT2D eigenvalue weighted by atomic mass is 9.82. The van der Waals surface area contributed by atoms with Crippen molar-refractivity contribution in [3.63, 3.8) is 0 Å². The van der Waals surface area contributed by atoms with Crippen LogP contribution >= 0.6 is 43.5 Å². The molecule has 0 radical (unpaired) electrons. The summed E-state index contributed by atoms with van der Waals surface area (Å²) in [5, 5.41) is 2.55. The fourth-order valence-corrected chi connectivity index (χ4v) is 4.10. The van der Waals surface area contributed by atoms with E-state index in [1.807, 2.05) is 18.2 Å². The van der Waals surface area contributed by atoms with Gasteiger partial charge in [0.15, 0.2) is 0 Å². The van der Waals surface area contributed by atoms with Crippen molar-refractivity contribution >= 4 is 43.5 Å². The predicted octanol–water partition coefficient (Wildman–Crippen LogP) is 5.18. The maximum absolute atomic E-state index is 6.09. The highest BCUT2D eigenvalue weighted by molar-refractivity contribution is 9.09. The Kier molecular flexibility index (Phi) is 7.22. The van der Waals surface area contributed by atoms with Gasteiger partial charge in [0, 0.05) is 27.7 Å². The van der Waals surface area contributed by atoms with E-state index in [9.17, 15) is 0 Å². The second kappa shape index (κ2) is 7.88. The van der Waals surface area contributed by atoms with E-state index in [0.29, 0.717) is 0 Å². The maximum atomic E-state index is 6.09. The van der Waals surface area contributed by atoms with Crippen LogP contribution in [0.25, 0.3) is 0 Å². The SMILES string of the molecule is CC(C)OCCC(CBr)(CBr)c1cccc(Cl)c1. The standard InChI is InChI=1S/C14H19Br2ClO/c1-11(2)18-7-6-14(9-15,10-16)12-4-3-5-13(17)8-12/h3-5,8,11H,6-7,9-10H2,1-2H3. The van der Waals surface area contributed by atoms with Crippen molar-refractivity contribution in [3.05, 3.63) is 34.9 Å². The average molecular weight is 399 g/mol. The first-order valence-electron chi connectivity index (χ1n) is 6.03. The topological polar surface area (TPSA) is 9.23 Å². The molecule has 0 spiro atoms. The molecule has 1 aromatic rings. The molecule has 4 heteroatoms. The molecule has 1 aromatic carbocycles. The van der Waals surface area contributed by atoms with Crippen molar-refractivity contribution in [3.8, 4) is 0 Å². The van der Waals surface area contributed by atoms with Crippen LogP contribution in [0.3, 0.4) is 0 Å². The van der Waals surface area contributed by atoms with E-state index in [1.54, 1.807) is 0 Å². The summed E-state index contributed by atoms with van der Waals surface area (Å²) in [6.07, 6.45) is 1.23. The van der Waals surface area contributed by atoms with Crippen LogP contribution in [0.2, 0.25) is 5.02 Å². The van der Waals surface area contributed by atoms with Gasteiger partial charge in [-0.2, -0.15) is 0 Å². The molecule has 0 N–H and O–H groups in total. The fourth-order valence-electron chi connectivity index (χ4n) is 1.78. The number of halogens is 3. The number of benzene rings is 1. The minimum absolute atomic E-state index is 0.0276. The molecule has 18 heavy (non-hydrogen) atoms. The normalized spacial score (nSPS) is 12.1. The first-order chi connectivity index (χ1) is 8.54. The Morgan fingerprint density at radius 3 is 2.44 bits per heavy atom. The van der Waals surface area contributed by atoms with Crippen molar-refractivity contribution in [2.45, 2.75) is 31.8 Å². The van der Waals surface area contributed by atoms with E-state index < -0.39 is 0 Å². The lowest BCUT2D eigenvalue weighted by molar-refractivity contribution is 0.0682. The average Bonchev–Trinajstić information content (AvgIpc) is 2.35. The largest absolute Gasteiger partial charge is 0.379 e. The van der Waals surface area contributed by atoms with Crippen LogP contribution in [0.1, 0.15) is 25.8 Å². The number of hydrogen-bond donors (Lipinski definition) is 0. The molecule has 0 aliphatic heterocycles. The quantitative estimate of drug-likeness (QED) is 0.575. The van der Waals surface area contributed by atoms with Gasteiger partial charge in [0.05, 0.1) is 6.10 Å². The molecule has 0 fully saturated rings.